The van der Waals surface area contributed by atoms with E-state index in [1.165, 1.54) is 25.3 Å². The van der Waals surface area contributed by atoms with Crippen LogP contribution in [0.2, 0.25) is 0 Å². The molecule has 0 bridgehead atoms. The molecule has 0 amide bonds. The smallest absolute Gasteiger partial charge is 0.137 e. The minimum absolute atomic E-state index is 0.192. The van der Waals surface area contributed by atoms with Crippen molar-refractivity contribution in [3.05, 3.63) is 34.1 Å². The molecule has 0 spiro atoms. The van der Waals surface area contributed by atoms with E-state index >= 15 is 0 Å². The van der Waals surface area contributed by atoms with Gasteiger partial charge in [-0.3, -0.25) is 4.90 Å². The molecule has 1 heterocycles. The fourth-order valence-electron chi connectivity index (χ4n) is 2.77. The van der Waals surface area contributed by atoms with Gasteiger partial charge < -0.3 is 5.73 Å². The highest BCUT2D eigenvalue weighted by molar-refractivity contribution is 9.10. The largest absolute Gasteiger partial charge is 0.329 e. The predicted molar refractivity (Wildman–Crippen MR) is 75.9 cm³/mol. The topological polar surface area (TPSA) is 29.3 Å². The average molecular weight is 315 g/mol. The van der Waals surface area contributed by atoms with Crippen molar-refractivity contribution < 1.29 is 4.39 Å². The number of piperidine rings is 1. The Bertz CT molecular complexity index is 411. The van der Waals surface area contributed by atoms with E-state index < -0.39 is 0 Å². The van der Waals surface area contributed by atoms with Crippen molar-refractivity contribution in [1.29, 1.82) is 0 Å². The highest BCUT2D eigenvalue weighted by Gasteiger charge is 2.26. The Morgan fingerprint density at radius 3 is 2.89 bits per heavy atom. The van der Waals surface area contributed by atoms with Gasteiger partial charge in [0.2, 0.25) is 0 Å². The zero-order chi connectivity index (χ0) is 13.1. The van der Waals surface area contributed by atoms with Crippen LogP contribution < -0.4 is 5.73 Å². The van der Waals surface area contributed by atoms with E-state index in [1.807, 2.05) is 12.1 Å². The standard InChI is InChI=1S/C14H20BrFN2/c1-10-4-2-3-7-18(10)14(9-17)11-5-6-13(16)12(15)8-11/h5-6,8,10,14H,2-4,7,9,17H2,1H3. The Labute approximate surface area is 116 Å². The summed E-state index contributed by atoms with van der Waals surface area (Å²) in [5.74, 6) is -0.221. The van der Waals surface area contributed by atoms with Gasteiger partial charge in [0, 0.05) is 18.6 Å². The summed E-state index contributed by atoms with van der Waals surface area (Å²) in [6.45, 7) is 3.90. The molecule has 1 saturated heterocycles. The molecule has 0 aliphatic carbocycles. The van der Waals surface area contributed by atoms with Crippen molar-refractivity contribution in [2.75, 3.05) is 13.1 Å². The molecular formula is C14H20BrFN2. The summed E-state index contributed by atoms with van der Waals surface area (Å²) in [5.41, 5.74) is 7.03. The first-order valence-corrected chi connectivity index (χ1v) is 7.33. The minimum atomic E-state index is -0.221. The molecule has 2 nitrogen and oxygen atoms in total. The lowest BCUT2D eigenvalue weighted by Crippen LogP contribution is -2.43. The molecule has 100 valence electrons. The quantitative estimate of drug-likeness (QED) is 0.925. The zero-order valence-electron chi connectivity index (χ0n) is 10.7. The van der Waals surface area contributed by atoms with E-state index in [9.17, 15) is 4.39 Å². The van der Waals surface area contributed by atoms with Crippen molar-refractivity contribution in [2.24, 2.45) is 5.73 Å². The van der Waals surface area contributed by atoms with Crippen LogP contribution in [0.25, 0.3) is 0 Å². The Kier molecular flexibility index (Phi) is 4.76. The molecule has 2 rings (SSSR count). The maximum absolute atomic E-state index is 13.3. The first-order chi connectivity index (χ1) is 8.63. The fourth-order valence-corrected chi connectivity index (χ4v) is 3.16. The van der Waals surface area contributed by atoms with Crippen LogP contribution in [0.4, 0.5) is 4.39 Å². The molecule has 1 aliphatic rings. The van der Waals surface area contributed by atoms with Gasteiger partial charge in [-0.15, -0.1) is 0 Å². The van der Waals surface area contributed by atoms with Crippen molar-refractivity contribution >= 4 is 15.9 Å². The Balaban J connectivity index is 2.23. The average Bonchev–Trinajstić information content (AvgIpc) is 2.37. The maximum atomic E-state index is 13.3. The van der Waals surface area contributed by atoms with Crippen molar-refractivity contribution in [3.8, 4) is 0 Å². The van der Waals surface area contributed by atoms with E-state index in [1.54, 1.807) is 0 Å². The van der Waals surface area contributed by atoms with Gasteiger partial charge in [0.1, 0.15) is 5.82 Å². The van der Waals surface area contributed by atoms with Crippen LogP contribution in [0.5, 0.6) is 0 Å². The molecule has 0 aromatic heterocycles. The second-order valence-electron chi connectivity index (χ2n) is 5.01. The third kappa shape index (κ3) is 2.92. The van der Waals surface area contributed by atoms with E-state index in [0.717, 1.165) is 12.1 Å². The molecule has 0 saturated carbocycles. The minimum Gasteiger partial charge on any atom is -0.329 e. The molecule has 1 aromatic carbocycles. The van der Waals surface area contributed by atoms with E-state index in [-0.39, 0.29) is 11.9 Å². The first-order valence-electron chi connectivity index (χ1n) is 6.54. The number of nitrogens with two attached hydrogens (primary N) is 1. The Hall–Kier alpha value is -0.450. The lowest BCUT2D eigenvalue weighted by Gasteiger charge is -2.39. The Morgan fingerprint density at radius 1 is 1.50 bits per heavy atom. The number of benzene rings is 1. The molecular weight excluding hydrogens is 295 g/mol. The van der Waals surface area contributed by atoms with E-state index in [0.29, 0.717) is 17.1 Å². The molecule has 1 aromatic rings. The lowest BCUT2D eigenvalue weighted by molar-refractivity contribution is 0.109. The third-order valence-electron chi connectivity index (χ3n) is 3.81. The van der Waals surface area contributed by atoms with Crippen LogP contribution in [-0.2, 0) is 0 Å². The molecule has 1 fully saturated rings. The molecule has 2 unspecified atom stereocenters. The van der Waals surface area contributed by atoms with Gasteiger partial charge in [0.15, 0.2) is 0 Å². The summed E-state index contributed by atoms with van der Waals surface area (Å²) in [5, 5.41) is 0. The van der Waals surface area contributed by atoms with Gasteiger partial charge in [0.25, 0.3) is 0 Å². The summed E-state index contributed by atoms with van der Waals surface area (Å²) in [6.07, 6.45) is 3.74. The first kappa shape index (κ1) is 14.0. The summed E-state index contributed by atoms with van der Waals surface area (Å²) >= 11 is 3.25. The summed E-state index contributed by atoms with van der Waals surface area (Å²) in [7, 11) is 0. The van der Waals surface area contributed by atoms with Crippen LogP contribution in [0.15, 0.2) is 22.7 Å². The van der Waals surface area contributed by atoms with E-state index in [4.69, 9.17) is 5.73 Å². The zero-order valence-corrected chi connectivity index (χ0v) is 12.3. The molecule has 1 aliphatic heterocycles. The second kappa shape index (κ2) is 6.13. The number of hydrogen-bond acceptors (Lipinski definition) is 2. The second-order valence-corrected chi connectivity index (χ2v) is 5.86. The predicted octanol–water partition coefficient (Wildman–Crippen LogP) is 3.46. The van der Waals surface area contributed by atoms with Gasteiger partial charge in [0.05, 0.1) is 4.47 Å². The number of rotatable bonds is 3. The van der Waals surface area contributed by atoms with Crippen molar-refractivity contribution in [1.82, 2.24) is 4.90 Å². The highest BCUT2D eigenvalue weighted by Crippen LogP contribution is 2.29. The molecule has 0 radical (unpaired) electrons. The Morgan fingerprint density at radius 2 is 2.28 bits per heavy atom. The van der Waals surface area contributed by atoms with Gasteiger partial charge in [-0.1, -0.05) is 12.5 Å². The monoisotopic (exact) mass is 314 g/mol. The van der Waals surface area contributed by atoms with Crippen LogP contribution in [0.3, 0.4) is 0 Å². The number of likely N-dealkylation sites (tertiary alicyclic amines) is 1. The highest BCUT2D eigenvalue weighted by atomic mass is 79.9. The number of nitrogens with zero attached hydrogens (tertiary/aromatic N) is 1. The van der Waals surface area contributed by atoms with Crippen LogP contribution in [-0.4, -0.2) is 24.0 Å². The summed E-state index contributed by atoms with van der Waals surface area (Å²) < 4.78 is 13.8. The third-order valence-corrected chi connectivity index (χ3v) is 4.41. The fraction of sp³-hybridized carbons (Fsp3) is 0.571. The van der Waals surface area contributed by atoms with Crippen LogP contribution in [0, 0.1) is 5.82 Å². The molecule has 2 N–H and O–H groups in total. The summed E-state index contributed by atoms with van der Waals surface area (Å²) in [6, 6.07) is 5.96. The molecule has 2 atom stereocenters. The van der Waals surface area contributed by atoms with Gasteiger partial charge in [-0.2, -0.15) is 0 Å². The van der Waals surface area contributed by atoms with Crippen molar-refractivity contribution in [2.45, 2.75) is 38.3 Å². The van der Waals surface area contributed by atoms with Crippen LogP contribution in [0.1, 0.15) is 37.8 Å². The molecule has 4 heteroatoms. The number of hydrogen-bond donors (Lipinski definition) is 1. The van der Waals surface area contributed by atoms with Gasteiger partial charge in [-0.05, 0) is 59.9 Å². The lowest BCUT2D eigenvalue weighted by atomic mass is 9.97. The number of halogens is 2. The maximum Gasteiger partial charge on any atom is 0.137 e. The van der Waals surface area contributed by atoms with Crippen LogP contribution >= 0.6 is 15.9 Å². The van der Waals surface area contributed by atoms with Gasteiger partial charge in [-0.25, -0.2) is 4.39 Å². The van der Waals surface area contributed by atoms with E-state index in [2.05, 4.69) is 27.8 Å². The normalized spacial score (nSPS) is 23.0. The SMILES string of the molecule is CC1CCCCN1C(CN)c1ccc(F)c(Br)c1. The molecule has 18 heavy (non-hydrogen) atoms. The van der Waals surface area contributed by atoms with Crippen molar-refractivity contribution in [3.63, 3.8) is 0 Å². The van der Waals surface area contributed by atoms with Gasteiger partial charge >= 0.3 is 0 Å². The summed E-state index contributed by atoms with van der Waals surface area (Å²) in [4.78, 5) is 2.45.